The Morgan fingerprint density at radius 3 is 2.11 bits per heavy atom. The van der Waals surface area contributed by atoms with Gasteiger partial charge in [0.05, 0.1) is 16.8 Å². The second-order valence-corrected chi connectivity index (χ2v) is 14.9. The fourth-order valence-electron chi connectivity index (χ4n) is 2.60. The van der Waals surface area contributed by atoms with E-state index in [2.05, 4.69) is 19.6 Å². The molecule has 1 heterocycles. The monoisotopic (exact) mass is 418 g/mol. The third-order valence-electron chi connectivity index (χ3n) is 5.14. The quantitative estimate of drug-likeness (QED) is 0.366. The highest BCUT2D eigenvalue weighted by Crippen LogP contribution is 2.38. The first kappa shape index (κ1) is 23.3. The Hall–Kier alpha value is -1.03. The highest BCUT2D eigenvalue weighted by atomic mass is 28.3. The molecule has 0 atom stereocenters. The van der Waals surface area contributed by atoms with Crippen LogP contribution in [0.4, 0.5) is 13.2 Å². The summed E-state index contributed by atoms with van der Waals surface area (Å²) < 4.78 is 63.1. The Labute approximate surface area is 166 Å². The summed E-state index contributed by atoms with van der Waals surface area (Å²) in [5.41, 5.74) is -2.36. The van der Waals surface area contributed by atoms with Gasteiger partial charge in [0.1, 0.15) is 5.75 Å². The van der Waals surface area contributed by atoms with Gasteiger partial charge in [0.15, 0.2) is 6.79 Å². The molecular weight excluding hydrogens is 388 g/mol. The summed E-state index contributed by atoms with van der Waals surface area (Å²) in [5.74, 6) is 0.283. The summed E-state index contributed by atoms with van der Waals surface area (Å²) in [5, 5.41) is 0. The normalized spacial score (nSPS) is 19.1. The maximum absolute atomic E-state index is 13.5. The van der Waals surface area contributed by atoms with Gasteiger partial charge < -0.3 is 18.8 Å². The molecule has 1 fully saturated rings. The van der Waals surface area contributed by atoms with Gasteiger partial charge in [0.25, 0.3) is 0 Å². The summed E-state index contributed by atoms with van der Waals surface area (Å²) in [6, 6.07) is 4.60. The van der Waals surface area contributed by atoms with Gasteiger partial charge in [-0.25, -0.2) is 0 Å². The summed E-state index contributed by atoms with van der Waals surface area (Å²) in [4.78, 5) is 0. The molecule has 2 rings (SSSR count). The van der Waals surface area contributed by atoms with Crippen LogP contribution in [0.5, 0.6) is 5.75 Å². The number of rotatable bonds is 7. The van der Waals surface area contributed by atoms with Crippen LogP contribution in [0.15, 0.2) is 18.2 Å². The summed E-state index contributed by atoms with van der Waals surface area (Å²) in [7, 11) is -2.33. The second-order valence-electron chi connectivity index (χ2n) is 9.32. The average Bonchev–Trinajstić information content (AvgIpc) is 2.73. The highest BCUT2D eigenvalue weighted by Gasteiger charge is 2.53. The number of benzene rings is 1. The van der Waals surface area contributed by atoms with Crippen molar-refractivity contribution in [2.75, 3.05) is 13.4 Å². The van der Waals surface area contributed by atoms with Crippen LogP contribution in [0.2, 0.25) is 25.7 Å². The van der Waals surface area contributed by atoms with Crippen LogP contribution in [0, 0.1) is 0 Å². The summed E-state index contributed by atoms with van der Waals surface area (Å²) in [6.45, 7) is 14.5. The maximum Gasteiger partial charge on any atom is 0.495 e. The van der Waals surface area contributed by atoms with E-state index in [0.717, 1.165) is 12.1 Å². The molecule has 0 radical (unpaired) electrons. The van der Waals surface area contributed by atoms with Gasteiger partial charge in [-0.15, -0.1) is 0 Å². The van der Waals surface area contributed by atoms with Crippen molar-refractivity contribution in [3.05, 3.63) is 23.8 Å². The van der Waals surface area contributed by atoms with Crippen molar-refractivity contribution >= 4 is 20.7 Å². The van der Waals surface area contributed by atoms with Gasteiger partial charge >= 0.3 is 13.3 Å². The molecule has 1 saturated heterocycles. The Balaban J connectivity index is 2.16. The van der Waals surface area contributed by atoms with E-state index in [-0.39, 0.29) is 18.0 Å². The van der Waals surface area contributed by atoms with E-state index in [9.17, 15) is 13.2 Å². The molecular formula is C19H30BF3O4Si. The van der Waals surface area contributed by atoms with Gasteiger partial charge in [-0.3, -0.25) is 0 Å². The second kappa shape index (κ2) is 8.01. The van der Waals surface area contributed by atoms with Crippen LogP contribution in [0.3, 0.4) is 0 Å². The van der Waals surface area contributed by atoms with Crippen LogP contribution in [0.1, 0.15) is 33.3 Å². The van der Waals surface area contributed by atoms with E-state index < -0.39 is 38.1 Å². The van der Waals surface area contributed by atoms with Crippen molar-refractivity contribution < 1.29 is 32.0 Å². The minimum Gasteiger partial charge on any atom is -0.468 e. The van der Waals surface area contributed by atoms with Crippen LogP contribution >= 0.6 is 0 Å². The molecule has 0 aromatic heterocycles. The van der Waals surface area contributed by atoms with E-state index >= 15 is 0 Å². The van der Waals surface area contributed by atoms with Crippen LogP contribution < -0.4 is 10.2 Å². The fraction of sp³-hybridized carbons (Fsp3) is 0.684. The van der Waals surface area contributed by atoms with Crippen molar-refractivity contribution in [2.45, 2.75) is 70.8 Å². The zero-order valence-electron chi connectivity index (χ0n) is 17.7. The van der Waals surface area contributed by atoms with E-state index in [1.165, 1.54) is 12.1 Å². The third kappa shape index (κ3) is 5.75. The molecule has 1 aliphatic heterocycles. The van der Waals surface area contributed by atoms with E-state index in [0.29, 0.717) is 6.61 Å². The molecule has 158 valence electrons. The van der Waals surface area contributed by atoms with E-state index in [1.54, 1.807) is 27.7 Å². The maximum atomic E-state index is 13.5. The largest absolute Gasteiger partial charge is 0.495 e. The Morgan fingerprint density at radius 2 is 1.61 bits per heavy atom. The number of halogens is 3. The predicted molar refractivity (Wildman–Crippen MR) is 107 cm³/mol. The summed E-state index contributed by atoms with van der Waals surface area (Å²) >= 11 is 0. The lowest BCUT2D eigenvalue weighted by molar-refractivity contribution is -0.136. The van der Waals surface area contributed by atoms with Crippen LogP contribution in [-0.2, 0) is 20.2 Å². The molecule has 0 spiro atoms. The molecule has 0 N–H and O–H groups in total. The molecule has 0 saturated carbocycles. The third-order valence-corrected chi connectivity index (χ3v) is 6.85. The summed E-state index contributed by atoms with van der Waals surface area (Å²) in [6.07, 6.45) is -4.52. The lowest BCUT2D eigenvalue weighted by atomic mass is 9.75. The minimum absolute atomic E-state index is 0.0152. The molecule has 0 unspecified atom stereocenters. The predicted octanol–water partition coefficient (Wildman–Crippen LogP) is 4.70. The number of ether oxygens (including phenoxy) is 2. The molecule has 1 aromatic carbocycles. The Bertz CT molecular complexity index is 671. The van der Waals surface area contributed by atoms with E-state index in [1.807, 2.05) is 0 Å². The zero-order chi connectivity index (χ0) is 21.4. The first-order valence-electron chi connectivity index (χ1n) is 9.40. The zero-order valence-corrected chi connectivity index (χ0v) is 18.7. The molecule has 4 nitrogen and oxygen atoms in total. The topological polar surface area (TPSA) is 36.9 Å². The van der Waals surface area contributed by atoms with Crippen molar-refractivity contribution in [3.63, 3.8) is 0 Å². The van der Waals surface area contributed by atoms with Crippen molar-refractivity contribution in [2.24, 2.45) is 0 Å². The molecule has 0 bridgehead atoms. The van der Waals surface area contributed by atoms with Crippen LogP contribution in [-0.4, -0.2) is 39.8 Å². The Kier molecular flexibility index (Phi) is 6.65. The SMILES string of the molecule is CC1(C)OB(c2cc(OCOCC[Si](C)(C)C)ccc2C(F)(F)F)OC1(C)C. The number of hydrogen-bond acceptors (Lipinski definition) is 4. The van der Waals surface area contributed by atoms with Gasteiger partial charge in [-0.05, 0) is 57.4 Å². The van der Waals surface area contributed by atoms with Crippen LogP contribution in [0.25, 0.3) is 0 Å². The average molecular weight is 418 g/mol. The molecule has 0 amide bonds. The van der Waals surface area contributed by atoms with Crippen molar-refractivity contribution in [1.82, 2.24) is 0 Å². The minimum atomic E-state index is -4.52. The molecule has 9 heteroatoms. The smallest absolute Gasteiger partial charge is 0.468 e. The van der Waals surface area contributed by atoms with Gasteiger partial charge in [-0.1, -0.05) is 19.6 Å². The lowest BCUT2D eigenvalue weighted by Crippen LogP contribution is -2.41. The molecule has 1 aromatic rings. The van der Waals surface area contributed by atoms with Crippen molar-refractivity contribution in [1.29, 1.82) is 0 Å². The number of hydrogen-bond donors (Lipinski definition) is 0. The van der Waals surface area contributed by atoms with Crippen molar-refractivity contribution in [3.8, 4) is 5.75 Å². The van der Waals surface area contributed by atoms with Gasteiger partial charge in [0.2, 0.25) is 0 Å². The fourth-order valence-corrected chi connectivity index (χ4v) is 3.36. The first-order chi connectivity index (χ1) is 12.6. The highest BCUT2D eigenvalue weighted by molar-refractivity contribution is 6.76. The number of alkyl halides is 3. The van der Waals surface area contributed by atoms with Gasteiger partial charge in [-0.2, -0.15) is 13.2 Å². The first-order valence-corrected chi connectivity index (χ1v) is 13.1. The van der Waals surface area contributed by atoms with Gasteiger partial charge in [0, 0.05) is 14.7 Å². The molecule has 28 heavy (non-hydrogen) atoms. The van der Waals surface area contributed by atoms with E-state index in [4.69, 9.17) is 18.8 Å². The molecule has 0 aliphatic carbocycles. The lowest BCUT2D eigenvalue weighted by Gasteiger charge is -2.32. The Morgan fingerprint density at radius 1 is 1.04 bits per heavy atom. The standard InChI is InChI=1S/C19H30BF3O4Si/c1-17(2)18(3,4)27-20(26-17)16-12-14(8-9-15(16)19(21,22)23)25-13-24-10-11-28(5,6)7/h8-9,12H,10-11,13H2,1-7H3. The molecule has 1 aliphatic rings.